The molecule has 1 aromatic carbocycles. The van der Waals surface area contributed by atoms with Crippen molar-refractivity contribution in [2.45, 2.75) is 0 Å². The van der Waals surface area contributed by atoms with Crippen LogP contribution < -0.4 is 5.32 Å². The summed E-state index contributed by atoms with van der Waals surface area (Å²) in [6.45, 7) is -0.0487. The number of nitriles is 1. The predicted molar refractivity (Wildman–Crippen MR) is 64.1 cm³/mol. The number of nitrogens with one attached hydrogen (secondary N) is 2. The maximum atomic E-state index is 12.8. The molecule has 0 aliphatic rings. The number of aromatic nitrogens is 1. The van der Waals surface area contributed by atoms with Gasteiger partial charge in [0.15, 0.2) is 0 Å². The highest BCUT2D eigenvalue weighted by Gasteiger charge is 2.13. The van der Waals surface area contributed by atoms with Gasteiger partial charge in [0.25, 0.3) is 5.91 Å². The number of carbonyl (C=O) groups excluding carboxylic acids is 1. The van der Waals surface area contributed by atoms with E-state index in [1.807, 2.05) is 6.07 Å². The molecular formula is C13H10FN3O. The molecule has 0 radical (unpaired) electrons. The molecule has 0 unspecified atom stereocenters. The van der Waals surface area contributed by atoms with Crippen LogP contribution in [0.4, 0.5) is 4.39 Å². The summed E-state index contributed by atoms with van der Waals surface area (Å²) in [5.41, 5.74) is 1.84. The molecule has 2 rings (SSSR count). The largest absolute Gasteiger partial charge is 0.366 e. The molecule has 0 spiro atoms. The molecule has 1 amide bonds. The van der Waals surface area contributed by atoms with Crippen LogP contribution in [0.3, 0.4) is 0 Å². The first-order valence-corrected chi connectivity index (χ1v) is 5.30. The van der Waals surface area contributed by atoms with Gasteiger partial charge in [-0.1, -0.05) is 12.1 Å². The molecule has 1 aromatic heterocycles. The van der Waals surface area contributed by atoms with Crippen molar-refractivity contribution in [3.63, 3.8) is 0 Å². The van der Waals surface area contributed by atoms with Gasteiger partial charge in [-0.2, -0.15) is 5.26 Å². The van der Waals surface area contributed by atoms with Crippen molar-refractivity contribution >= 4 is 5.91 Å². The third-order valence-corrected chi connectivity index (χ3v) is 2.47. The van der Waals surface area contributed by atoms with E-state index in [0.29, 0.717) is 11.1 Å². The summed E-state index contributed by atoms with van der Waals surface area (Å²) in [4.78, 5) is 14.6. The first kappa shape index (κ1) is 11.9. The number of halogens is 1. The number of nitrogens with zero attached hydrogens (tertiary/aromatic N) is 1. The lowest BCUT2D eigenvalue weighted by Crippen LogP contribution is -2.23. The normalized spacial score (nSPS) is 9.78. The van der Waals surface area contributed by atoms with Crippen LogP contribution in [0, 0.1) is 17.1 Å². The van der Waals surface area contributed by atoms with Gasteiger partial charge in [0.1, 0.15) is 12.4 Å². The second-order valence-corrected chi connectivity index (χ2v) is 3.63. The van der Waals surface area contributed by atoms with E-state index in [1.165, 1.54) is 12.1 Å². The highest BCUT2D eigenvalue weighted by Crippen LogP contribution is 2.23. The standard InChI is InChI=1S/C13H10FN3O/c14-10-3-1-9(2-4-10)11-7-16-8-12(11)13(18)17-6-5-15/h1-4,7-8,16H,6H2,(H,17,18). The summed E-state index contributed by atoms with van der Waals surface area (Å²) in [7, 11) is 0. The van der Waals surface area contributed by atoms with Crippen LogP contribution in [0.2, 0.25) is 0 Å². The highest BCUT2D eigenvalue weighted by atomic mass is 19.1. The number of hydrogen-bond donors (Lipinski definition) is 2. The zero-order chi connectivity index (χ0) is 13.0. The Morgan fingerprint density at radius 1 is 1.33 bits per heavy atom. The monoisotopic (exact) mass is 243 g/mol. The summed E-state index contributed by atoms with van der Waals surface area (Å²) < 4.78 is 12.8. The van der Waals surface area contributed by atoms with Gasteiger partial charge in [0.2, 0.25) is 0 Å². The van der Waals surface area contributed by atoms with Gasteiger partial charge in [-0.05, 0) is 17.7 Å². The molecule has 0 saturated heterocycles. The zero-order valence-electron chi connectivity index (χ0n) is 9.40. The topological polar surface area (TPSA) is 68.7 Å². The number of H-pyrrole nitrogens is 1. The number of aromatic amines is 1. The van der Waals surface area contributed by atoms with Crippen LogP contribution in [0.5, 0.6) is 0 Å². The Labute approximate surface area is 103 Å². The molecule has 0 bridgehead atoms. The minimum absolute atomic E-state index is 0.0487. The van der Waals surface area contributed by atoms with Crippen LogP contribution in [0.1, 0.15) is 10.4 Å². The zero-order valence-corrected chi connectivity index (χ0v) is 9.40. The Balaban J connectivity index is 2.30. The number of carbonyl (C=O) groups is 1. The Morgan fingerprint density at radius 3 is 2.72 bits per heavy atom. The molecule has 0 aliphatic heterocycles. The first-order valence-electron chi connectivity index (χ1n) is 5.30. The average molecular weight is 243 g/mol. The smallest absolute Gasteiger partial charge is 0.254 e. The van der Waals surface area contributed by atoms with Crippen LogP contribution in [0.15, 0.2) is 36.7 Å². The van der Waals surface area contributed by atoms with Crippen LogP contribution in [-0.4, -0.2) is 17.4 Å². The van der Waals surface area contributed by atoms with Crippen molar-refractivity contribution in [3.8, 4) is 17.2 Å². The number of hydrogen-bond acceptors (Lipinski definition) is 2. The Bertz CT molecular complexity index is 595. The van der Waals surface area contributed by atoms with Gasteiger partial charge in [0.05, 0.1) is 11.6 Å². The Morgan fingerprint density at radius 2 is 2.06 bits per heavy atom. The lowest BCUT2D eigenvalue weighted by Gasteiger charge is -2.03. The fraction of sp³-hybridized carbons (Fsp3) is 0.0769. The number of benzene rings is 1. The maximum Gasteiger partial charge on any atom is 0.254 e. The fourth-order valence-corrected chi connectivity index (χ4v) is 1.64. The Kier molecular flexibility index (Phi) is 3.39. The summed E-state index contributed by atoms with van der Waals surface area (Å²) in [6.07, 6.45) is 3.21. The number of rotatable bonds is 3. The maximum absolute atomic E-state index is 12.8. The molecule has 90 valence electrons. The van der Waals surface area contributed by atoms with Gasteiger partial charge in [0, 0.05) is 18.0 Å². The second kappa shape index (κ2) is 5.15. The highest BCUT2D eigenvalue weighted by molar-refractivity contribution is 6.00. The predicted octanol–water partition coefficient (Wildman–Crippen LogP) is 2.07. The van der Waals surface area contributed by atoms with Crippen LogP contribution in [-0.2, 0) is 0 Å². The van der Waals surface area contributed by atoms with Crippen molar-refractivity contribution in [2.75, 3.05) is 6.54 Å². The second-order valence-electron chi connectivity index (χ2n) is 3.63. The molecule has 2 N–H and O–H groups in total. The minimum Gasteiger partial charge on any atom is -0.366 e. The Hall–Kier alpha value is -2.61. The summed E-state index contributed by atoms with van der Waals surface area (Å²) in [5, 5.41) is 10.9. The van der Waals surface area contributed by atoms with Crippen molar-refractivity contribution < 1.29 is 9.18 Å². The van der Waals surface area contributed by atoms with E-state index in [-0.39, 0.29) is 18.3 Å². The van der Waals surface area contributed by atoms with Crippen molar-refractivity contribution in [2.24, 2.45) is 0 Å². The van der Waals surface area contributed by atoms with Gasteiger partial charge in [-0.25, -0.2) is 4.39 Å². The lowest BCUT2D eigenvalue weighted by molar-refractivity contribution is 0.0959. The number of amides is 1. The van der Waals surface area contributed by atoms with E-state index < -0.39 is 0 Å². The van der Waals surface area contributed by atoms with Gasteiger partial charge >= 0.3 is 0 Å². The molecule has 0 saturated carbocycles. The summed E-state index contributed by atoms with van der Waals surface area (Å²) in [6, 6.07) is 7.69. The van der Waals surface area contributed by atoms with E-state index in [2.05, 4.69) is 10.3 Å². The van der Waals surface area contributed by atoms with E-state index in [9.17, 15) is 9.18 Å². The molecule has 0 atom stereocenters. The molecule has 2 aromatic rings. The summed E-state index contributed by atoms with van der Waals surface area (Å²) in [5.74, 6) is -0.665. The summed E-state index contributed by atoms with van der Waals surface area (Å²) >= 11 is 0. The molecular weight excluding hydrogens is 233 g/mol. The van der Waals surface area contributed by atoms with Gasteiger partial charge in [-0.15, -0.1) is 0 Å². The average Bonchev–Trinajstić information content (AvgIpc) is 2.86. The lowest BCUT2D eigenvalue weighted by atomic mass is 10.0. The van der Waals surface area contributed by atoms with Crippen LogP contribution in [0.25, 0.3) is 11.1 Å². The SMILES string of the molecule is N#CCNC(=O)c1c[nH]cc1-c1ccc(F)cc1. The molecule has 0 fully saturated rings. The molecule has 18 heavy (non-hydrogen) atoms. The fourth-order valence-electron chi connectivity index (χ4n) is 1.64. The molecule has 5 heteroatoms. The van der Waals surface area contributed by atoms with Gasteiger partial charge in [-0.3, -0.25) is 4.79 Å². The van der Waals surface area contributed by atoms with E-state index >= 15 is 0 Å². The molecule has 0 aliphatic carbocycles. The van der Waals surface area contributed by atoms with E-state index in [4.69, 9.17) is 5.26 Å². The minimum atomic E-state index is -0.336. The first-order chi connectivity index (χ1) is 8.72. The third kappa shape index (κ3) is 2.38. The van der Waals surface area contributed by atoms with Crippen LogP contribution >= 0.6 is 0 Å². The van der Waals surface area contributed by atoms with Crippen molar-refractivity contribution in [1.82, 2.24) is 10.3 Å². The molecule has 4 nitrogen and oxygen atoms in total. The van der Waals surface area contributed by atoms with Crippen molar-refractivity contribution in [1.29, 1.82) is 5.26 Å². The third-order valence-electron chi connectivity index (χ3n) is 2.47. The van der Waals surface area contributed by atoms with E-state index in [0.717, 1.165) is 5.56 Å². The van der Waals surface area contributed by atoms with Crippen molar-refractivity contribution in [3.05, 3.63) is 48.0 Å². The molecule has 1 heterocycles. The van der Waals surface area contributed by atoms with Gasteiger partial charge < -0.3 is 10.3 Å². The van der Waals surface area contributed by atoms with E-state index in [1.54, 1.807) is 24.5 Å². The quantitative estimate of drug-likeness (QED) is 0.810.